The van der Waals surface area contributed by atoms with Gasteiger partial charge < -0.3 is 5.73 Å². The van der Waals surface area contributed by atoms with Crippen LogP contribution in [0.3, 0.4) is 0 Å². The Bertz CT molecular complexity index is 416. The summed E-state index contributed by atoms with van der Waals surface area (Å²) >= 11 is 0. The molecule has 0 radical (unpaired) electrons. The maximum Gasteiger partial charge on any atom is -0.00173 e. The summed E-state index contributed by atoms with van der Waals surface area (Å²) < 4.78 is 0. The third kappa shape index (κ3) is 4.57. The Labute approximate surface area is 131 Å². The van der Waals surface area contributed by atoms with E-state index in [0.29, 0.717) is 5.41 Å². The van der Waals surface area contributed by atoms with Crippen LogP contribution in [0.15, 0.2) is 24.3 Å². The molecule has 1 aromatic rings. The lowest BCUT2D eigenvalue weighted by Crippen LogP contribution is -2.33. The summed E-state index contributed by atoms with van der Waals surface area (Å²) in [7, 11) is 0. The van der Waals surface area contributed by atoms with Gasteiger partial charge in [-0.2, -0.15) is 0 Å². The molecule has 1 aliphatic carbocycles. The summed E-state index contributed by atoms with van der Waals surface area (Å²) in [6.45, 7) is 7.67. The van der Waals surface area contributed by atoms with Gasteiger partial charge in [0.15, 0.2) is 0 Å². The molecule has 1 aliphatic rings. The predicted octanol–water partition coefficient (Wildman–Crippen LogP) is 5.22. The summed E-state index contributed by atoms with van der Waals surface area (Å²) in [5, 5.41) is 0. The normalized spacial score (nSPS) is 19.8. The lowest BCUT2D eigenvalue weighted by molar-refractivity contribution is 0.217. The van der Waals surface area contributed by atoms with Crippen molar-refractivity contribution in [2.45, 2.75) is 77.6 Å². The molecule has 1 fully saturated rings. The highest BCUT2D eigenvalue weighted by molar-refractivity contribution is 5.28. The van der Waals surface area contributed by atoms with Crippen molar-refractivity contribution in [3.8, 4) is 0 Å². The molecule has 118 valence electrons. The van der Waals surface area contributed by atoms with Gasteiger partial charge in [0, 0.05) is 0 Å². The summed E-state index contributed by atoms with van der Waals surface area (Å²) in [6.07, 6.45) is 10.7. The van der Waals surface area contributed by atoms with Gasteiger partial charge in [-0.15, -0.1) is 0 Å². The molecule has 0 aliphatic heterocycles. The molecule has 1 heteroatoms. The van der Waals surface area contributed by atoms with E-state index in [-0.39, 0.29) is 5.41 Å². The Morgan fingerprint density at radius 3 is 1.90 bits per heavy atom. The fourth-order valence-corrected chi connectivity index (χ4v) is 3.66. The maximum atomic E-state index is 6.21. The largest absolute Gasteiger partial charge is 0.330 e. The fourth-order valence-electron chi connectivity index (χ4n) is 3.66. The number of rotatable bonds is 3. The van der Waals surface area contributed by atoms with E-state index in [1.165, 1.54) is 56.1 Å². The van der Waals surface area contributed by atoms with Crippen molar-refractivity contribution >= 4 is 0 Å². The van der Waals surface area contributed by atoms with Gasteiger partial charge in [-0.25, -0.2) is 0 Å². The van der Waals surface area contributed by atoms with Gasteiger partial charge in [0.1, 0.15) is 0 Å². The Morgan fingerprint density at radius 2 is 1.43 bits per heavy atom. The molecule has 1 aromatic carbocycles. The third-order valence-electron chi connectivity index (χ3n) is 5.25. The van der Waals surface area contributed by atoms with E-state index in [2.05, 4.69) is 45.0 Å². The molecular formula is C20H33N. The molecule has 2 rings (SSSR count). The first kappa shape index (κ1) is 16.5. The minimum absolute atomic E-state index is 0.240. The number of nitrogens with two attached hydrogens (primary N) is 1. The molecule has 0 spiro atoms. The van der Waals surface area contributed by atoms with Crippen LogP contribution in [-0.4, -0.2) is 6.54 Å². The van der Waals surface area contributed by atoms with Crippen molar-refractivity contribution in [2.24, 2.45) is 11.1 Å². The Kier molecular flexibility index (Phi) is 5.48. The topological polar surface area (TPSA) is 26.0 Å². The third-order valence-corrected chi connectivity index (χ3v) is 5.25. The average molecular weight is 287 g/mol. The van der Waals surface area contributed by atoms with Gasteiger partial charge >= 0.3 is 0 Å². The van der Waals surface area contributed by atoms with E-state index in [1.807, 2.05) is 0 Å². The SMILES string of the molecule is CC(C)(C)c1ccc(CC2(CN)CCCCCCC2)cc1. The average Bonchev–Trinajstić information content (AvgIpc) is 2.42. The minimum atomic E-state index is 0.240. The molecule has 0 saturated heterocycles. The lowest BCUT2D eigenvalue weighted by atomic mass is 9.72. The van der Waals surface area contributed by atoms with Crippen molar-refractivity contribution in [2.75, 3.05) is 6.54 Å². The van der Waals surface area contributed by atoms with Crippen LogP contribution in [0.2, 0.25) is 0 Å². The second kappa shape index (κ2) is 6.96. The number of hydrogen-bond acceptors (Lipinski definition) is 1. The molecule has 2 N–H and O–H groups in total. The molecule has 0 atom stereocenters. The predicted molar refractivity (Wildman–Crippen MR) is 92.7 cm³/mol. The lowest BCUT2D eigenvalue weighted by Gasteiger charge is -2.35. The first-order valence-corrected chi connectivity index (χ1v) is 8.75. The minimum Gasteiger partial charge on any atom is -0.330 e. The van der Waals surface area contributed by atoms with Gasteiger partial charge in [0.05, 0.1) is 0 Å². The zero-order chi connectivity index (χ0) is 15.3. The van der Waals surface area contributed by atoms with Crippen LogP contribution in [0.5, 0.6) is 0 Å². The number of benzene rings is 1. The Balaban J connectivity index is 2.10. The van der Waals surface area contributed by atoms with Crippen molar-refractivity contribution < 1.29 is 0 Å². The second-order valence-corrected chi connectivity index (χ2v) is 8.10. The molecular weight excluding hydrogens is 254 g/mol. The van der Waals surface area contributed by atoms with Crippen LogP contribution < -0.4 is 5.73 Å². The van der Waals surface area contributed by atoms with Crippen LogP contribution in [0.25, 0.3) is 0 Å². The molecule has 0 amide bonds. The zero-order valence-electron chi connectivity index (χ0n) is 14.3. The second-order valence-electron chi connectivity index (χ2n) is 8.10. The van der Waals surface area contributed by atoms with Crippen molar-refractivity contribution in [1.82, 2.24) is 0 Å². The molecule has 1 nitrogen and oxygen atoms in total. The van der Waals surface area contributed by atoms with Gasteiger partial charge in [-0.05, 0) is 47.8 Å². The van der Waals surface area contributed by atoms with Crippen molar-refractivity contribution in [3.63, 3.8) is 0 Å². The maximum absolute atomic E-state index is 6.21. The molecule has 0 unspecified atom stereocenters. The van der Waals surface area contributed by atoms with E-state index in [4.69, 9.17) is 5.73 Å². The first-order valence-electron chi connectivity index (χ1n) is 8.75. The molecule has 0 heterocycles. The molecule has 1 saturated carbocycles. The van der Waals surface area contributed by atoms with E-state index in [9.17, 15) is 0 Å². The van der Waals surface area contributed by atoms with Crippen molar-refractivity contribution in [1.29, 1.82) is 0 Å². The van der Waals surface area contributed by atoms with E-state index >= 15 is 0 Å². The number of hydrogen-bond donors (Lipinski definition) is 1. The highest BCUT2D eigenvalue weighted by Gasteiger charge is 2.29. The van der Waals surface area contributed by atoms with Gasteiger partial charge in [-0.1, -0.05) is 77.1 Å². The smallest absolute Gasteiger partial charge is 0.00173 e. The summed E-state index contributed by atoms with van der Waals surface area (Å²) in [4.78, 5) is 0. The molecule has 0 aromatic heterocycles. The highest BCUT2D eigenvalue weighted by atomic mass is 14.6. The van der Waals surface area contributed by atoms with Gasteiger partial charge in [-0.3, -0.25) is 0 Å². The molecule has 21 heavy (non-hydrogen) atoms. The molecule has 0 bridgehead atoms. The van der Waals surface area contributed by atoms with Crippen LogP contribution in [-0.2, 0) is 11.8 Å². The fraction of sp³-hybridized carbons (Fsp3) is 0.700. The van der Waals surface area contributed by atoms with E-state index < -0.39 is 0 Å². The van der Waals surface area contributed by atoms with Crippen molar-refractivity contribution in [3.05, 3.63) is 35.4 Å². The quantitative estimate of drug-likeness (QED) is 0.810. The Morgan fingerprint density at radius 1 is 0.905 bits per heavy atom. The van der Waals surface area contributed by atoms with Gasteiger partial charge in [0.2, 0.25) is 0 Å². The van der Waals surface area contributed by atoms with E-state index in [1.54, 1.807) is 0 Å². The summed E-state index contributed by atoms with van der Waals surface area (Å²) in [5.74, 6) is 0. The van der Waals surface area contributed by atoms with Crippen LogP contribution in [0.1, 0.15) is 76.8 Å². The monoisotopic (exact) mass is 287 g/mol. The summed E-state index contributed by atoms with van der Waals surface area (Å²) in [6, 6.07) is 9.28. The highest BCUT2D eigenvalue weighted by Crippen LogP contribution is 2.36. The van der Waals surface area contributed by atoms with E-state index in [0.717, 1.165) is 13.0 Å². The van der Waals surface area contributed by atoms with Crippen LogP contribution in [0, 0.1) is 5.41 Å². The summed E-state index contributed by atoms with van der Waals surface area (Å²) in [5.41, 5.74) is 9.69. The first-order chi connectivity index (χ1) is 9.95. The standard InChI is InChI=1S/C20H33N/c1-19(2,3)18-11-9-17(10-12-18)15-20(16-21)13-7-5-4-6-8-14-20/h9-12H,4-8,13-16,21H2,1-3H3. The van der Waals surface area contributed by atoms with Crippen LogP contribution >= 0.6 is 0 Å². The zero-order valence-corrected chi connectivity index (χ0v) is 14.3. The van der Waals surface area contributed by atoms with Gasteiger partial charge in [0.25, 0.3) is 0 Å². The Hall–Kier alpha value is -0.820. The van der Waals surface area contributed by atoms with Crippen LogP contribution in [0.4, 0.5) is 0 Å².